The standard InChI is InChI=1S/C27H30N2O3S/c1-3-25(22-16-15-20-9-7-8-10-21(20)17-22)28-27(30)23-14-13-19(2)26(18-23)29-33(31,32)24-11-5-4-6-12-24/h4-6,11-18,25,29H,3,7-10H2,1-2H3,(H,28,30)/t25-/m0/s1. The summed E-state index contributed by atoms with van der Waals surface area (Å²) < 4.78 is 28.1. The van der Waals surface area contributed by atoms with E-state index in [2.05, 4.69) is 35.2 Å². The van der Waals surface area contributed by atoms with E-state index in [0.717, 1.165) is 30.4 Å². The highest BCUT2D eigenvalue weighted by Crippen LogP contribution is 2.27. The van der Waals surface area contributed by atoms with Crippen molar-refractivity contribution in [1.82, 2.24) is 5.32 Å². The molecule has 0 unspecified atom stereocenters. The van der Waals surface area contributed by atoms with Gasteiger partial charge >= 0.3 is 0 Å². The van der Waals surface area contributed by atoms with Crippen molar-refractivity contribution in [1.29, 1.82) is 0 Å². The molecule has 1 aliphatic rings. The predicted octanol–water partition coefficient (Wildman–Crippen LogP) is 5.56. The summed E-state index contributed by atoms with van der Waals surface area (Å²) in [6.07, 6.45) is 5.44. The first kappa shape index (κ1) is 23.1. The maximum absolute atomic E-state index is 13.1. The minimum Gasteiger partial charge on any atom is -0.345 e. The van der Waals surface area contributed by atoms with E-state index in [9.17, 15) is 13.2 Å². The van der Waals surface area contributed by atoms with Crippen molar-refractivity contribution in [3.05, 3.63) is 94.5 Å². The van der Waals surface area contributed by atoms with Crippen LogP contribution in [0.1, 0.15) is 64.8 Å². The summed E-state index contributed by atoms with van der Waals surface area (Å²) in [6, 6.07) is 19.7. The van der Waals surface area contributed by atoms with E-state index in [0.29, 0.717) is 11.3 Å². The van der Waals surface area contributed by atoms with Crippen molar-refractivity contribution in [2.45, 2.75) is 56.9 Å². The van der Waals surface area contributed by atoms with Gasteiger partial charge in [-0.3, -0.25) is 9.52 Å². The first-order chi connectivity index (χ1) is 15.9. The summed E-state index contributed by atoms with van der Waals surface area (Å²) in [4.78, 5) is 13.3. The van der Waals surface area contributed by atoms with Crippen LogP contribution in [-0.2, 0) is 22.9 Å². The Morgan fingerprint density at radius 1 is 0.939 bits per heavy atom. The predicted molar refractivity (Wildman–Crippen MR) is 132 cm³/mol. The molecule has 0 bridgehead atoms. The lowest BCUT2D eigenvalue weighted by atomic mass is 9.88. The lowest BCUT2D eigenvalue weighted by molar-refractivity contribution is 0.0935. The average Bonchev–Trinajstić information content (AvgIpc) is 2.84. The van der Waals surface area contributed by atoms with Crippen molar-refractivity contribution in [3.63, 3.8) is 0 Å². The Hall–Kier alpha value is -3.12. The second kappa shape index (κ2) is 9.79. The Morgan fingerprint density at radius 2 is 1.67 bits per heavy atom. The molecule has 1 amide bonds. The fourth-order valence-corrected chi connectivity index (χ4v) is 5.45. The van der Waals surface area contributed by atoms with Crippen LogP contribution < -0.4 is 10.0 Å². The molecule has 0 aromatic heterocycles. The summed E-state index contributed by atoms with van der Waals surface area (Å²) in [7, 11) is -3.74. The molecule has 0 spiro atoms. The fraction of sp³-hybridized carbons (Fsp3) is 0.296. The number of amides is 1. The van der Waals surface area contributed by atoms with Gasteiger partial charge in [-0.05, 0) is 85.5 Å². The molecule has 5 nitrogen and oxygen atoms in total. The van der Waals surface area contributed by atoms with Gasteiger partial charge in [0.2, 0.25) is 0 Å². The monoisotopic (exact) mass is 462 g/mol. The van der Waals surface area contributed by atoms with E-state index < -0.39 is 10.0 Å². The number of carbonyl (C=O) groups is 1. The minimum absolute atomic E-state index is 0.101. The summed E-state index contributed by atoms with van der Waals surface area (Å²) in [5.74, 6) is -0.222. The van der Waals surface area contributed by atoms with E-state index in [1.54, 1.807) is 48.5 Å². The van der Waals surface area contributed by atoms with E-state index in [4.69, 9.17) is 0 Å². The number of benzene rings is 3. The van der Waals surface area contributed by atoms with E-state index in [1.807, 2.05) is 6.92 Å². The Bertz CT molecular complexity index is 1250. The van der Waals surface area contributed by atoms with Gasteiger partial charge in [-0.2, -0.15) is 0 Å². The Balaban J connectivity index is 1.53. The van der Waals surface area contributed by atoms with Crippen LogP contribution in [0.5, 0.6) is 0 Å². The number of anilines is 1. The van der Waals surface area contributed by atoms with Crippen molar-refractivity contribution < 1.29 is 13.2 Å². The van der Waals surface area contributed by atoms with Crippen LogP contribution in [0.2, 0.25) is 0 Å². The Kier molecular flexibility index (Phi) is 6.84. The van der Waals surface area contributed by atoms with Crippen molar-refractivity contribution in [2.75, 3.05) is 4.72 Å². The molecule has 2 N–H and O–H groups in total. The molecule has 0 fully saturated rings. The van der Waals surface area contributed by atoms with Crippen molar-refractivity contribution in [3.8, 4) is 0 Å². The summed E-state index contributed by atoms with van der Waals surface area (Å²) >= 11 is 0. The van der Waals surface area contributed by atoms with Gasteiger partial charge in [-0.25, -0.2) is 8.42 Å². The highest BCUT2D eigenvalue weighted by atomic mass is 32.2. The molecule has 4 rings (SSSR count). The van der Waals surface area contributed by atoms with Gasteiger partial charge in [0, 0.05) is 5.56 Å². The van der Waals surface area contributed by atoms with Crippen LogP contribution in [0, 0.1) is 6.92 Å². The number of nitrogens with one attached hydrogen (secondary N) is 2. The largest absolute Gasteiger partial charge is 0.345 e. The van der Waals surface area contributed by atoms with Crippen LogP contribution >= 0.6 is 0 Å². The number of fused-ring (bicyclic) bond motifs is 1. The molecular formula is C27H30N2O3S. The highest BCUT2D eigenvalue weighted by Gasteiger charge is 2.19. The van der Waals surface area contributed by atoms with Gasteiger partial charge in [0.1, 0.15) is 0 Å². The third-order valence-electron chi connectivity index (χ3n) is 6.29. The molecule has 0 heterocycles. The van der Waals surface area contributed by atoms with Gasteiger partial charge in [0.05, 0.1) is 16.6 Å². The van der Waals surface area contributed by atoms with Gasteiger partial charge in [0.15, 0.2) is 0 Å². The molecule has 0 saturated carbocycles. The van der Waals surface area contributed by atoms with Gasteiger partial charge < -0.3 is 5.32 Å². The van der Waals surface area contributed by atoms with Gasteiger partial charge in [-0.1, -0.05) is 49.4 Å². The number of carbonyl (C=O) groups excluding carboxylic acids is 1. The normalized spacial score (nSPS) is 14.2. The smallest absolute Gasteiger partial charge is 0.261 e. The SMILES string of the molecule is CC[C@H](NC(=O)c1ccc(C)c(NS(=O)(=O)c2ccccc2)c1)c1ccc2c(c1)CCCC2. The van der Waals surface area contributed by atoms with E-state index in [1.165, 1.54) is 24.0 Å². The lowest BCUT2D eigenvalue weighted by Gasteiger charge is -2.22. The van der Waals surface area contributed by atoms with Gasteiger partial charge in [-0.15, -0.1) is 0 Å². The van der Waals surface area contributed by atoms with Crippen LogP contribution in [-0.4, -0.2) is 14.3 Å². The van der Waals surface area contributed by atoms with E-state index >= 15 is 0 Å². The van der Waals surface area contributed by atoms with Crippen molar-refractivity contribution >= 4 is 21.6 Å². The van der Waals surface area contributed by atoms with Crippen LogP contribution in [0.15, 0.2) is 71.6 Å². The molecule has 0 radical (unpaired) electrons. The lowest BCUT2D eigenvalue weighted by Crippen LogP contribution is -2.28. The van der Waals surface area contributed by atoms with Crippen LogP contribution in [0.4, 0.5) is 5.69 Å². The third-order valence-corrected chi connectivity index (χ3v) is 7.67. The highest BCUT2D eigenvalue weighted by molar-refractivity contribution is 7.92. The second-order valence-corrected chi connectivity index (χ2v) is 10.3. The Morgan fingerprint density at radius 3 is 2.39 bits per heavy atom. The fourth-order valence-electron chi connectivity index (χ4n) is 4.31. The van der Waals surface area contributed by atoms with Crippen molar-refractivity contribution in [2.24, 2.45) is 0 Å². The molecule has 172 valence electrons. The Labute approximate surface area is 196 Å². The summed E-state index contributed by atoms with van der Waals surface area (Å²) in [5, 5.41) is 3.13. The molecular weight excluding hydrogens is 432 g/mol. The summed E-state index contributed by atoms with van der Waals surface area (Å²) in [6.45, 7) is 3.87. The maximum atomic E-state index is 13.1. The zero-order valence-corrected chi connectivity index (χ0v) is 19.9. The molecule has 33 heavy (non-hydrogen) atoms. The minimum atomic E-state index is -3.74. The zero-order valence-electron chi connectivity index (χ0n) is 19.1. The molecule has 1 aliphatic carbocycles. The molecule has 6 heteroatoms. The number of hydrogen-bond acceptors (Lipinski definition) is 3. The molecule has 3 aromatic carbocycles. The topological polar surface area (TPSA) is 75.3 Å². The number of hydrogen-bond donors (Lipinski definition) is 2. The molecule has 0 aliphatic heterocycles. The number of aryl methyl sites for hydroxylation is 3. The second-order valence-electron chi connectivity index (χ2n) is 8.62. The van der Waals surface area contributed by atoms with Crippen LogP contribution in [0.3, 0.4) is 0 Å². The third kappa shape index (κ3) is 5.28. The first-order valence-electron chi connectivity index (χ1n) is 11.5. The van der Waals surface area contributed by atoms with E-state index in [-0.39, 0.29) is 16.8 Å². The average molecular weight is 463 g/mol. The quantitative estimate of drug-likeness (QED) is 0.483. The molecule has 1 atom stereocenters. The number of rotatable bonds is 7. The van der Waals surface area contributed by atoms with Gasteiger partial charge in [0.25, 0.3) is 15.9 Å². The first-order valence-corrected chi connectivity index (χ1v) is 13.0. The van der Waals surface area contributed by atoms with Crippen LogP contribution in [0.25, 0.3) is 0 Å². The maximum Gasteiger partial charge on any atom is 0.261 e. The molecule has 0 saturated heterocycles. The zero-order chi connectivity index (χ0) is 23.4. The summed E-state index contributed by atoms with van der Waals surface area (Å²) in [5.41, 5.74) is 5.48. The number of sulfonamides is 1. The molecule has 3 aromatic rings.